The van der Waals surface area contributed by atoms with E-state index in [-0.39, 0.29) is 17.7 Å². The number of fused-ring (bicyclic) bond motifs is 1. The van der Waals surface area contributed by atoms with E-state index in [0.29, 0.717) is 22.4 Å². The fraction of sp³-hybridized carbons (Fsp3) is 0.370. The molecule has 0 spiro atoms. The molecule has 6 nitrogen and oxygen atoms in total. The molecule has 1 fully saturated rings. The fourth-order valence-corrected chi connectivity index (χ4v) is 5.99. The largest absolute Gasteiger partial charge is 0.497 e. The predicted octanol–water partition coefficient (Wildman–Crippen LogP) is 4.92. The predicted molar refractivity (Wildman–Crippen MR) is 134 cm³/mol. The van der Waals surface area contributed by atoms with E-state index >= 15 is 0 Å². The van der Waals surface area contributed by atoms with Gasteiger partial charge in [-0.05, 0) is 67.9 Å². The zero-order valence-corrected chi connectivity index (χ0v) is 20.1. The third-order valence-electron chi connectivity index (χ3n) is 6.88. The number of hydrogen-bond donors (Lipinski definition) is 1. The Balaban J connectivity index is 1.18. The Hall–Kier alpha value is -3.19. The second-order valence-corrected chi connectivity index (χ2v) is 10.1. The maximum atomic E-state index is 13.3. The third kappa shape index (κ3) is 4.85. The number of piperidine rings is 1. The molecular formula is C27H29N3O3S. The molecule has 1 aliphatic heterocycles. The summed E-state index contributed by atoms with van der Waals surface area (Å²) in [7, 11) is 1.59. The molecule has 1 N–H and O–H groups in total. The van der Waals surface area contributed by atoms with Gasteiger partial charge in [0.1, 0.15) is 5.75 Å². The molecule has 1 saturated heterocycles. The van der Waals surface area contributed by atoms with Crippen molar-refractivity contribution >= 4 is 28.3 Å². The Morgan fingerprint density at radius 2 is 1.79 bits per heavy atom. The Kier molecular flexibility index (Phi) is 6.63. The van der Waals surface area contributed by atoms with E-state index < -0.39 is 0 Å². The quantitative estimate of drug-likeness (QED) is 0.550. The lowest BCUT2D eigenvalue weighted by Crippen LogP contribution is -2.41. The molecule has 1 atom stereocenters. The van der Waals surface area contributed by atoms with Crippen LogP contribution in [0.2, 0.25) is 0 Å². The van der Waals surface area contributed by atoms with Gasteiger partial charge >= 0.3 is 0 Å². The van der Waals surface area contributed by atoms with E-state index in [1.807, 2.05) is 4.90 Å². The van der Waals surface area contributed by atoms with Crippen LogP contribution in [0.5, 0.6) is 5.75 Å². The van der Waals surface area contributed by atoms with Gasteiger partial charge in [-0.3, -0.25) is 14.9 Å². The van der Waals surface area contributed by atoms with Crippen LogP contribution < -0.4 is 10.1 Å². The van der Waals surface area contributed by atoms with Crippen LogP contribution in [0.25, 0.3) is 0 Å². The summed E-state index contributed by atoms with van der Waals surface area (Å²) in [6.45, 7) is 1.63. The molecule has 7 heteroatoms. The van der Waals surface area contributed by atoms with Crippen molar-refractivity contribution in [1.82, 2.24) is 9.88 Å². The molecule has 0 radical (unpaired) electrons. The van der Waals surface area contributed by atoms with Gasteiger partial charge in [0, 0.05) is 23.5 Å². The smallest absolute Gasteiger partial charge is 0.257 e. The number of ether oxygens (including phenoxy) is 1. The Labute approximate surface area is 204 Å². The number of amides is 2. The Morgan fingerprint density at radius 1 is 1.06 bits per heavy atom. The van der Waals surface area contributed by atoms with Crippen molar-refractivity contribution in [3.63, 3.8) is 0 Å². The fourth-order valence-electron chi connectivity index (χ4n) is 4.96. The highest BCUT2D eigenvalue weighted by Crippen LogP contribution is 2.40. The van der Waals surface area contributed by atoms with Crippen molar-refractivity contribution in [1.29, 1.82) is 0 Å². The van der Waals surface area contributed by atoms with E-state index in [4.69, 9.17) is 4.74 Å². The summed E-state index contributed by atoms with van der Waals surface area (Å²) in [6, 6.07) is 17.6. The first-order chi connectivity index (χ1) is 16.6. The molecule has 2 aromatic carbocycles. The highest BCUT2D eigenvalue weighted by molar-refractivity contribution is 7.16. The number of aromatic nitrogens is 1. The van der Waals surface area contributed by atoms with Crippen molar-refractivity contribution in [2.45, 2.75) is 38.0 Å². The topological polar surface area (TPSA) is 71.5 Å². The third-order valence-corrected chi connectivity index (χ3v) is 7.93. The molecule has 3 aromatic rings. The van der Waals surface area contributed by atoms with Crippen molar-refractivity contribution in [3.05, 3.63) is 76.3 Å². The highest BCUT2D eigenvalue weighted by Gasteiger charge is 2.36. The van der Waals surface area contributed by atoms with E-state index in [9.17, 15) is 9.59 Å². The molecule has 2 heterocycles. The van der Waals surface area contributed by atoms with Gasteiger partial charge in [0.25, 0.3) is 5.91 Å². The lowest BCUT2D eigenvalue weighted by molar-refractivity contribution is -0.134. The highest BCUT2D eigenvalue weighted by atomic mass is 32.1. The number of anilines is 1. The van der Waals surface area contributed by atoms with Crippen LogP contribution in [0.15, 0.2) is 54.6 Å². The van der Waals surface area contributed by atoms with Crippen LogP contribution in [0, 0.1) is 5.92 Å². The summed E-state index contributed by atoms with van der Waals surface area (Å²) in [5.74, 6) is 1.12. The summed E-state index contributed by atoms with van der Waals surface area (Å²) in [5, 5.41) is 3.46. The summed E-state index contributed by atoms with van der Waals surface area (Å²) in [6.07, 6.45) is 4.82. The number of carbonyl (C=O) groups excluding carboxylic acids is 2. The first-order valence-corrected chi connectivity index (χ1v) is 12.7. The Bertz CT molecular complexity index is 1150. The minimum Gasteiger partial charge on any atom is -0.497 e. The minimum atomic E-state index is -0.210. The molecule has 2 amide bonds. The number of benzene rings is 2. The van der Waals surface area contributed by atoms with Gasteiger partial charge in [0.2, 0.25) is 5.91 Å². The lowest BCUT2D eigenvalue weighted by atomic mass is 9.89. The number of hydrogen-bond acceptors (Lipinski definition) is 5. The number of aryl methyl sites for hydroxylation is 1. The summed E-state index contributed by atoms with van der Waals surface area (Å²) < 4.78 is 5.15. The normalized spacial score (nSPS) is 17.9. The molecule has 1 aliphatic carbocycles. The van der Waals surface area contributed by atoms with Crippen LogP contribution in [0.4, 0.5) is 5.13 Å². The van der Waals surface area contributed by atoms with Crippen LogP contribution in [-0.2, 0) is 17.6 Å². The molecule has 1 unspecified atom stereocenters. The average molecular weight is 476 g/mol. The molecular weight excluding hydrogens is 446 g/mol. The summed E-state index contributed by atoms with van der Waals surface area (Å²) in [5.41, 5.74) is 2.77. The van der Waals surface area contributed by atoms with Gasteiger partial charge in [-0.25, -0.2) is 4.98 Å². The SMILES string of the molecule is COc1ccc(C(=O)Nc2nc3c(s2)CCC3C(=O)N2CCC(Cc3ccccc3)CC2)cc1. The molecule has 34 heavy (non-hydrogen) atoms. The van der Waals surface area contributed by atoms with Gasteiger partial charge in [0.15, 0.2) is 5.13 Å². The van der Waals surface area contributed by atoms with E-state index in [0.717, 1.165) is 55.8 Å². The lowest BCUT2D eigenvalue weighted by Gasteiger charge is -2.33. The van der Waals surface area contributed by atoms with E-state index in [1.165, 1.54) is 16.9 Å². The van der Waals surface area contributed by atoms with Gasteiger partial charge in [-0.15, -0.1) is 11.3 Å². The maximum absolute atomic E-state index is 13.3. The van der Waals surface area contributed by atoms with Crippen molar-refractivity contribution in [2.24, 2.45) is 5.92 Å². The molecule has 1 aromatic heterocycles. The number of likely N-dealkylation sites (tertiary alicyclic amines) is 1. The monoisotopic (exact) mass is 475 g/mol. The number of rotatable bonds is 6. The first kappa shape index (κ1) is 22.6. The molecule has 5 rings (SSSR count). The first-order valence-electron chi connectivity index (χ1n) is 11.9. The second kappa shape index (κ2) is 9.97. The summed E-state index contributed by atoms with van der Waals surface area (Å²) >= 11 is 1.48. The van der Waals surface area contributed by atoms with E-state index in [1.54, 1.807) is 31.4 Å². The molecule has 0 bridgehead atoms. The number of thiazole rings is 1. The number of nitrogens with one attached hydrogen (secondary N) is 1. The summed E-state index contributed by atoms with van der Waals surface area (Å²) in [4.78, 5) is 33.7. The minimum absolute atomic E-state index is 0.190. The van der Waals surface area contributed by atoms with Crippen molar-refractivity contribution in [3.8, 4) is 5.75 Å². The maximum Gasteiger partial charge on any atom is 0.257 e. The van der Waals surface area contributed by atoms with E-state index in [2.05, 4.69) is 40.6 Å². The molecule has 2 aliphatic rings. The van der Waals surface area contributed by atoms with Gasteiger partial charge < -0.3 is 9.64 Å². The standard InChI is InChI=1S/C27H29N3O3S/c1-33-21-9-7-20(8-10-21)25(31)29-27-28-24-22(11-12-23(24)34-27)26(32)30-15-13-19(14-16-30)17-18-5-3-2-4-6-18/h2-10,19,22H,11-17H2,1H3,(H,28,29,31). The van der Waals surface area contributed by atoms with Crippen LogP contribution >= 0.6 is 11.3 Å². The Morgan fingerprint density at radius 3 is 2.50 bits per heavy atom. The van der Waals surface area contributed by atoms with Gasteiger partial charge in [-0.2, -0.15) is 0 Å². The molecule has 176 valence electrons. The zero-order chi connectivity index (χ0) is 23.5. The van der Waals surface area contributed by atoms with Crippen molar-refractivity contribution < 1.29 is 14.3 Å². The van der Waals surface area contributed by atoms with Crippen LogP contribution in [0.1, 0.15) is 51.7 Å². The van der Waals surface area contributed by atoms with Gasteiger partial charge in [0.05, 0.1) is 18.7 Å². The second-order valence-electron chi connectivity index (χ2n) is 9.06. The average Bonchev–Trinajstić information content (AvgIpc) is 3.45. The van der Waals surface area contributed by atoms with Crippen molar-refractivity contribution in [2.75, 3.05) is 25.5 Å². The molecule has 0 saturated carbocycles. The van der Waals surface area contributed by atoms with Crippen LogP contribution in [-0.4, -0.2) is 41.9 Å². The number of carbonyl (C=O) groups is 2. The van der Waals surface area contributed by atoms with Gasteiger partial charge in [-0.1, -0.05) is 30.3 Å². The zero-order valence-electron chi connectivity index (χ0n) is 19.3. The number of nitrogens with zero attached hydrogens (tertiary/aromatic N) is 2. The van der Waals surface area contributed by atoms with Crippen LogP contribution in [0.3, 0.4) is 0 Å². The number of methoxy groups -OCH3 is 1.